The third-order valence-corrected chi connectivity index (χ3v) is 2.02. The first-order valence-corrected chi connectivity index (χ1v) is 4.73. The highest BCUT2D eigenvalue weighted by atomic mass is 19.4. The normalized spacial score (nSPS) is 11.2. The van der Waals surface area contributed by atoms with Gasteiger partial charge in [-0.15, -0.1) is 0 Å². The Kier molecular flexibility index (Phi) is 3.82. The molecule has 0 aliphatic rings. The molecule has 0 heterocycles. The molecule has 1 aromatic carbocycles. The van der Waals surface area contributed by atoms with Crippen LogP contribution < -0.4 is 11.1 Å². The van der Waals surface area contributed by atoms with Gasteiger partial charge in [-0.1, -0.05) is 0 Å². The predicted molar refractivity (Wildman–Crippen MR) is 57.0 cm³/mol. The molecule has 1 rings (SSSR count). The van der Waals surface area contributed by atoms with Crippen LogP contribution in [-0.4, -0.2) is 23.8 Å². The van der Waals surface area contributed by atoms with Crippen molar-refractivity contribution in [1.82, 2.24) is 0 Å². The van der Waals surface area contributed by atoms with Gasteiger partial charge in [0.15, 0.2) is 0 Å². The lowest BCUT2D eigenvalue weighted by molar-refractivity contribution is -0.131. The van der Waals surface area contributed by atoms with E-state index in [0.717, 1.165) is 0 Å². The highest BCUT2D eigenvalue weighted by Crippen LogP contribution is 2.21. The number of hydrogen-bond acceptors (Lipinski definition) is 3. The third kappa shape index (κ3) is 4.21. The summed E-state index contributed by atoms with van der Waals surface area (Å²) in [5, 5.41) is 11.2. The van der Waals surface area contributed by atoms with Crippen molar-refractivity contribution in [2.75, 3.05) is 17.6 Å². The maximum Gasteiger partial charge on any atom is 0.390 e. The van der Waals surface area contributed by atoms with Crippen molar-refractivity contribution in [1.29, 1.82) is 0 Å². The summed E-state index contributed by atoms with van der Waals surface area (Å²) in [7, 11) is 0. The van der Waals surface area contributed by atoms with Crippen LogP contribution in [-0.2, 0) is 0 Å². The summed E-state index contributed by atoms with van der Waals surface area (Å²) in [4.78, 5) is 10.7. The first-order valence-electron chi connectivity index (χ1n) is 4.73. The zero-order chi connectivity index (χ0) is 13.1. The zero-order valence-electron chi connectivity index (χ0n) is 8.71. The first kappa shape index (κ1) is 13.1. The lowest BCUT2D eigenvalue weighted by Crippen LogP contribution is -2.15. The van der Waals surface area contributed by atoms with Crippen molar-refractivity contribution in [3.8, 4) is 0 Å². The Morgan fingerprint density at radius 1 is 1.41 bits per heavy atom. The Morgan fingerprint density at radius 2 is 2.06 bits per heavy atom. The van der Waals surface area contributed by atoms with Crippen LogP contribution >= 0.6 is 0 Å². The number of benzene rings is 1. The van der Waals surface area contributed by atoms with E-state index in [-0.39, 0.29) is 17.8 Å². The SMILES string of the molecule is Nc1ccc(NCCC(F)(F)F)cc1C(=O)O. The standard InChI is InChI=1S/C10H11F3N2O2/c11-10(12,13)3-4-15-6-1-2-8(14)7(5-6)9(16)17/h1-2,5,15H,3-4,14H2,(H,16,17). The Labute approximate surface area is 95.2 Å². The number of aromatic carboxylic acids is 1. The van der Waals surface area contributed by atoms with E-state index >= 15 is 0 Å². The van der Waals surface area contributed by atoms with Gasteiger partial charge in [0, 0.05) is 17.9 Å². The third-order valence-electron chi connectivity index (χ3n) is 2.02. The van der Waals surface area contributed by atoms with Crippen molar-refractivity contribution in [2.24, 2.45) is 0 Å². The Morgan fingerprint density at radius 3 is 2.59 bits per heavy atom. The minimum absolute atomic E-state index is 0.0684. The van der Waals surface area contributed by atoms with Gasteiger partial charge in [0.1, 0.15) is 0 Å². The fourth-order valence-corrected chi connectivity index (χ4v) is 1.20. The molecule has 17 heavy (non-hydrogen) atoms. The number of rotatable bonds is 4. The molecule has 0 aromatic heterocycles. The number of hydrogen-bond donors (Lipinski definition) is 3. The molecule has 0 spiro atoms. The first-order chi connectivity index (χ1) is 7.79. The second-order valence-corrected chi connectivity index (χ2v) is 3.40. The van der Waals surface area contributed by atoms with Gasteiger partial charge in [0.05, 0.1) is 12.0 Å². The van der Waals surface area contributed by atoms with Crippen LogP contribution in [0.5, 0.6) is 0 Å². The second kappa shape index (κ2) is 4.94. The maximum absolute atomic E-state index is 11.9. The number of carboxylic acids is 1. The highest BCUT2D eigenvalue weighted by Gasteiger charge is 2.26. The van der Waals surface area contributed by atoms with E-state index in [9.17, 15) is 18.0 Å². The summed E-state index contributed by atoms with van der Waals surface area (Å²) < 4.78 is 35.6. The van der Waals surface area contributed by atoms with Crippen LogP contribution in [0.15, 0.2) is 18.2 Å². The number of nitrogens with two attached hydrogens (primary N) is 1. The minimum Gasteiger partial charge on any atom is -0.478 e. The van der Waals surface area contributed by atoms with Crippen molar-refractivity contribution in [3.63, 3.8) is 0 Å². The lowest BCUT2D eigenvalue weighted by Gasteiger charge is -2.10. The van der Waals surface area contributed by atoms with Crippen molar-refractivity contribution >= 4 is 17.3 Å². The summed E-state index contributed by atoms with van der Waals surface area (Å²) >= 11 is 0. The number of alkyl halides is 3. The van der Waals surface area contributed by atoms with E-state index in [2.05, 4.69) is 5.32 Å². The van der Waals surface area contributed by atoms with Gasteiger partial charge >= 0.3 is 12.1 Å². The predicted octanol–water partition coefficient (Wildman–Crippen LogP) is 2.33. The molecule has 0 saturated carbocycles. The van der Waals surface area contributed by atoms with E-state index < -0.39 is 18.6 Å². The number of carboxylic acid groups (broad SMARTS) is 1. The van der Waals surface area contributed by atoms with E-state index in [0.29, 0.717) is 5.69 Å². The summed E-state index contributed by atoms with van der Waals surface area (Å²) in [6.45, 7) is -0.313. The van der Waals surface area contributed by atoms with Gasteiger partial charge in [-0.2, -0.15) is 13.2 Å². The molecule has 1 aromatic rings. The highest BCUT2D eigenvalue weighted by molar-refractivity contribution is 5.94. The molecule has 0 saturated heterocycles. The number of nitrogens with one attached hydrogen (secondary N) is 1. The molecule has 0 unspecified atom stereocenters. The Hall–Kier alpha value is -1.92. The monoisotopic (exact) mass is 248 g/mol. The average molecular weight is 248 g/mol. The quantitative estimate of drug-likeness (QED) is 0.715. The number of halogens is 3. The van der Waals surface area contributed by atoms with Crippen molar-refractivity contribution < 1.29 is 23.1 Å². The minimum atomic E-state index is -4.24. The number of nitrogen functional groups attached to an aromatic ring is 1. The molecule has 0 aliphatic carbocycles. The molecular weight excluding hydrogens is 237 g/mol. The van der Waals surface area contributed by atoms with Gasteiger partial charge in [0.25, 0.3) is 0 Å². The summed E-state index contributed by atoms with van der Waals surface area (Å²) in [6, 6.07) is 3.96. The summed E-state index contributed by atoms with van der Waals surface area (Å²) in [6.07, 6.45) is -5.23. The largest absolute Gasteiger partial charge is 0.478 e. The smallest absolute Gasteiger partial charge is 0.390 e. The molecule has 4 nitrogen and oxygen atoms in total. The molecule has 0 amide bonds. The molecule has 94 valence electrons. The van der Waals surface area contributed by atoms with Crippen LogP contribution in [0.2, 0.25) is 0 Å². The van der Waals surface area contributed by atoms with E-state index in [4.69, 9.17) is 10.8 Å². The second-order valence-electron chi connectivity index (χ2n) is 3.40. The van der Waals surface area contributed by atoms with Gasteiger partial charge < -0.3 is 16.2 Å². The van der Waals surface area contributed by atoms with E-state index in [1.54, 1.807) is 0 Å². The maximum atomic E-state index is 11.9. The topological polar surface area (TPSA) is 75.3 Å². The zero-order valence-corrected chi connectivity index (χ0v) is 8.71. The van der Waals surface area contributed by atoms with Gasteiger partial charge in [-0.05, 0) is 18.2 Å². The Bertz CT molecular complexity index is 419. The molecule has 0 radical (unpaired) electrons. The number of anilines is 2. The number of carbonyl (C=O) groups is 1. The van der Waals surface area contributed by atoms with Crippen molar-refractivity contribution in [3.05, 3.63) is 23.8 Å². The molecule has 0 bridgehead atoms. The van der Waals surface area contributed by atoms with Crippen LogP contribution in [0, 0.1) is 0 Å². The van der Waals surface area contributed by atoms with Gasteiger partial charge in [-0.25, -0.2) is 4.79 Å². The molecule has 0 fully saturated rings. The van der Waals surface area contributed by atoms with Crippen LogP contribution in [0.1, 0.15) is 16.8 Å². The fourth-order valence-electron chi connectivity index (χ4n) is 1.20. The molecule has 7 heteroatoms. The Balaban J connectivity index is 2.67. The van der Waals surface area contributed by atoms with Crippen molar-refractivity contribution in [2.45, 2.75) is 12.6 Å². The fraction of sp³-hybridized carbons (Fsp3) is 0.300. The average Bonchev–Trinajstić information content (AvgIpc) is 2.18. The molecule has 4 N–H and O–H groups in total. The summed E-state index contributed by atoms with van der Waals surface area (Å²) in [5.41, 5.74) is 5.62. The van der Waals surface area contributed by atoms with Crippen LogP contribution in [0.3, 0.4) is 0 Å². The van der Waals surface area contributed by atoms with Crippen LogP contribution in [0.25, 0.3) is 0 Å². The molecule has 0 atom stereocenters. The van der Waals surface area contributed by atoms with Gasteiger partial charge in [-0.3, -0.25) is 0 Å². The molecule has 0 aliphatic heterocycles. The molecular formula is C10H11F3N2O2. The lowest BCUT2D eigenvalue weighted by atomic mass is 10.1. The van der Waals surface area contributed by atoms with Gasteiger partial charge in [0.2, 0.25) is 0 Å². The van der Waals surface area contributed by atoms with Crippen LogP contribution in [0.4, 0.5) is 24.5 Å². The van der Waals surface area contributed by atoms with E-state index in [1.165, 1.54) is 18.2 Å². The summed E-state index contributed by atoms with van der Waals surface area (Å²) in [5.74, 6) is -1.22. The van der Waals surface area contributed by atoms with E-state index in [1.807, 2.05) is 0 Å².